The van der Waals surface area contributed by atoms with Gasteiger partial charge in [0.2, 0.25) is 0 Å². The summed E-state index contributed by atoms with van der Waals surface area (Å²) in [5.74, 6) is 2.15. The van der Waals surface area contributed by atoms with Gasteiger partial charge in [-0.05, 0) is 31.3 Å². The van der Waals surface area contributed by atoms with Crippen LogP contribution in [0.25, 0.3) is 10.2 Å². The largest absolute Gasteiger partial charge is 0.493 e. The minimum absolute atomic E-state index is 0. The molecule has 0 unspecified atom stereocenters. The fraction of sp³-hybridized carbons (Fsp3) is 0.417. The lowest BCUT2D eigenvalue weighted by Crippen LogP contribution is -2.38. The van der Waals surface area contributed by atoms with E-state index in [1.54, 1.807) is 51.5 Å². The number of ether oxygens (including phenoxy) is 4. The van der Waals surface area contributed by atoms with Crippen LogP contribution in [0.4, 0.5) is 5.13 Å². The van der Waals surface area contributed by atoms with Crippen LogP contribution in [-0.4, -0.2) is 70.4 Å². The summed E-state index contributed by atoms with van der Waals surface area (Å²) in [5, 5.41) is 0.618. The molecule has 1 aromatic heterocycles. The zero-order valence-electron chi connectivity index (χ0n) is 20.4. The molecular weight excluding hydrogens is 478 g/mol. The molecule has 0 fully saturated rings. The maximum atomic E-state index is 13.7. The Labute approximate surface area is 210 Å². The molecule has 0 atom stereocenters. The van der Waals surface area contributed by atoms with Crippen LogP contribution >= 0.6 is 23.7 Å². The fourth-order valence-electron chi connectivity index (χ4n) is 3.55. The van der Waals surface area contributed by atoms with Crippen LogP contribution in [0.1, 0.15) is 24.2 Å². The molecule has 0 saturated heterocycles. The SMILES string of the molecule is CCN(CC)CCN(C(=O)c1ccc(OC)c(OC)c1)c1nc2cc(OC)c(OC)cc2s1.Cl. The quantitative estimate of drug-likeness (QED) is 0.369. The van der Waals surface area contributed by atoms with E-state index in [9.17, 15) is 4.79 Å². The third-order valence-electron chi connectivity index (χ3n) is 5.52. The number of methoxy groups -OCH3 is 4. The molecular formula is C24H32ClN3O5S. The third-order valence-corrected chi connectivity index (χ3v) is 6.56. The normalized spacial score (nSPS) is 10.7. The Bertz CT molecular complexity index is 1060. The summed E-state index contributed by atoms with van der Waals surface area (Å²) in [7, 11) is 6.31. The number of aromatic nitrogens is 1. The summed E-state index contributed by atoms with van der Waals surface area (Å²) in [6, 6.07) is 8.90. The van der Waals surface area contributed by atoms with Gasteiger partial charge in [0.05, 0.1) is 38.7 Å². The number of amides is 1. The second-order valence-electron chi connectivity index (χ2n) is 7.22. The zero-order chi connectivity index (χ0) is 24.0. The second-order valence-corrected chi connectivity index (χ2v) is 8.23. The van der Waals surface area contributed by atoms with Crippen LogP contribution in [0.2, 0.25) is 0 Å². The molecule has 0 radical (unpaired) electrons. The molecule has 0 spiro atoms. The van der Waals surface area contributed by atoms with E-state index in [0.717, 1.165) is 29.9 Å². The monoisotopic (exact) mass is 509 g/mol. The highest BCUT2D eigenvalue weighted by Crippen LogP contribution is 2.38. The lowest BCUT2D eigenvalue weighted by atomic mass is 10.1. The van der Waals surface area contributed by atoms with Crippen molar-refractivity contribution in [3.63, 3.8) is 0 Å². The lowest BCUT2D eigenvalue weighted by Gasteiger charge is -2.25. The number of hydrogen-bond donors (Lipinski definition) is 0. The molecule has 3 aromatic rings. The Hall–Kier alpha value is -2.75. The molecule has 1 heterocycles. The van der Waals surface area contributed by atoms with Crippen molar-refractivity contribution >= 4 is 45.0 Å². The highest BCUT2D eigenvalue weighted by atomic mass is 35.5. The number of hydrogen-bond acceptors (Lipinski definition) is 8. The van der Waals surface area contributed by atoms with Gasteiger partial charge < -0.3 is 23.8 Å². The number of likely N-dealkylation sites (N-methyl/N-ethyl adjacent to an activating group) is 1. The minimum Gasteiger partial charge on any atom is -0.493 e. The van der Waals surface area contributed by atoms with E-state index in [1.807, 2.05) is 12.1 Å². The fourth-order valence-corrected chi connectivity index (χ4v) is 4.55. The third kappa shape index (κ3) is 5.84. The Morgan fingerprint density at radius 2 is 1.44 bits per heavy atom. The van der Waals surface area contributed by atoms with Crippen LogP contribution in [0, 0.1) is 0 Å². The first-order chi connectivity index (χ1) is 16.0. The van der Waals surface area contributed by atoms with Gasteiger partial charge in [0.1, 0.15) is 0 Å². The van der Waals surface area contributed by atoms with Crippen LogP contribution in [-0.2, 0) is 0 Å². The van der Waals surface area contributed by atoms with Crippen LogP contribution in [0.15, 0.2) is 30.3 Å². The number of benzene rings is 2. The van der Waals surface area contributed by atoms with Gasteiger partial charge in [0, 0.05) is 30.8 Å². The smallest absolute Gasteiger partial charge is 0.260 e. The van der Waals surface area contributed by atoms with E-state index in [0.29, 0.717) is 40.2 Å². The van der Waals surface area contributed by atoms with Crippen LogP contribution in [0.3, 0.4) is 0 Å². The zero-order valence-corrected chi connectivity index (χ0v) is 22.0. The van der Waals surface area contributed by atoms with Crippen molar-refractivity contribution in [1.82, 2.24) is 9.88 Å². The number of halogens is 1. The number of carbonyl (C=O) groups excluding carboxylic acids is 1. The predicted molar refractivity (Wildman–Crippen MR) is 139 cm³/mol. The summed E-state index contributed by atoms with van der Waals surface area (Å²) in [4.78, 5) is 22.4. The molecule has 0 aliphatic carbocycles. The van der Waals surface area contributed by atoms with Gasteiger partial charge in [-0.25, -0.2) is 4.98 Å². The maximum Gasteiger partial charge on any atom is 0.260 e. The number of thiazole rings is 1. The number of rotatable bonds is 11. The van der Waals surface area contributed by atoms with Gasteiger partial charge in [-0.2, -0.15) is 0 Å². The van der Waals surface area contributed by atoms with Crippen molar-refractivity contribution in [3.8, 4) is 23.0 Å². The Morgan fingerprint density at radius 3 is 2.03 bits per heavy atom. The van der Waals surface area contributed by atoms with Crippen molar-refractivity contribution in [2.45, 2.75) is 13.8 Å². The van der Waals surface area contributed by atoms with Crippen molar-refractivity contribution in [2.75, 3.05) is 59.5 Å². The van der Waals surface area contributed by atoms with Crippen molar-refractivity contribution in [3.05, 3.63) is 35.9 Å². The van der Waals surface area contributed by atoms with Crippen molar-refractivity contribution in [1.29, 1.82) is 0 Å². The average Bonchev–Trinajstić information content (AvgIpc) is 3.27. The Balaban J connectivity index is 0.00000408. The first-order valence-electron chi connectivity index (χ1n) is 10.8. The Morgan fingerprint density at radius 1 is 0.853 bits per heavy atom. The van der Waals surface area contributed by atoms with Gasteiger partial charge in [-0.3, -0.25) is 9.69 Å². The number of nitrogens with zero attached hydrogens (tertiary/aromatic N) is 3. The molecule has 10 heteroatoms. The summed E-state index contributed by atoms with van der Waals surface area (Å²) in [6.45, 7) is 7.27. The van der Waals surface area contributed by atoms with E-state index < -0.39 is 0 Å². The molecule has 8 nitrogen and oxygen atoms in total. The Kier molecular flexibility index (Phi) is 10.2. The molecule has 0 aliphatic heterocycles. The van der Waals surface area contributed by atoms with E-state index in [-0.39, 0.29) is 18.3 Å². The lowest BCUT2D eigenvalue weighted by molar-refractivity contribution is 0.0983. The maximum absolute atomic E-state index is 13.7. The van der Waals surface area contributed by atoms with E-state index in [1.165, 1.54) is 11.3 Å². The highest BCUT2D eigenvalue weighted by molar-refractivity contribution is 7.22. The van der Waals surface area contributed by atoms with E-state index in [4.69, 9.17) is 23.9 Å². The first-order valence-corrected chi connectivity index (χ1v) is 11.6. The predicted octanol–water partition coefficient (Wildman–Crippen LogP) is 4.74. The summed E-state index contributed by atoms with van der Waals surface area (Å²) in [5.41, 5.74) is 1.25. The number of fused-ring (bicyclic) bond motifs is 1. The highest BCUT2D eigenvalue weighted by Gasteiger charge is 2.24. The van der Waals surface area contributed by atoms with Gasteiger partial charge in [0.15, 0.2) is 28.1 Å². The second kappa shape index (κ2) is 12.6. The molecule has 2 aromatic carbocycles. The summed E-state index contributed by atoms with van der Waals surface area (Å²) in [6.07, 6.45) is 0. The average molecular weight is 510 g/mol. The first kappa shape index (κ1) is 27.5. The van der Waals surface area contributed by atoms with Gasteiger partial charge in [-0.15, -0.1) is 12.4 Å². The van der Waals surface area contributed by atoms with Crippen molar-refractivity contribution in [2.24, 2.45) is 0 Å². The topological polar surface area (TPSA) is 73.4 Å². The molecule has 3 rings (SSSR count). The summed E-state index contributed by atoms with van der Waals surface area (Å²) >= 11 is 1.45. The minimum atomic E-state index is -0.152. The molecule has 1 amide bonds. The number of carbonyl (C=O) groups is 1. The number of anilines is 1. The summed E-state index contributed by atoms with van der Waals surface area (Å²) < 4.78 is 22.5. The molecule has 34 heavy (non-hydrogen) atoms. The van der Waals surface area contributed by atoms with E-state index >= 15 is 0 Å². The van der Waals surface area contributed by atoms with Crippen molar-refractivity contribution < 1.29 is 23.7 Å². The van der Waals surface area contributed by atoms with Gasteiger partial charge in [-0.1, -0.05) is 25.2 Å². The molecule has 0 aliphatic rings. The van der Waals surface area contributed by atoms with Crippen LogP contribution in [0.5, 0.6) is 23.0 Å². The van der Waals surface area contributed by atoms with Gasteiger partial charge in [0.25, 0.3) is 5.91 Å². The standard InChI is InChI=1S/C24H31N3O5S.ClH/c1-7-26(8-2)11-12-27(23(28)16-9-10-18(29-3)19(13-16)30-4)24-25-17-14-20(31-5)21(32-6)15-22(17)33-24;/h9-10,13-15H,7-8,11-12H2,1-6H3;1H. The van der Waals surface area contributed by atoms with E-state index in [2.05, 4.69) is 18.7 Å². The van der Waals surface area contributed by atoms with Gasteiger partial charge >= 0.3 is 0 Å². The molecule has 186 valence electrons. The van der Waals surface area contributed by atoms with Crippen LogP contribution < -0.4 is 23.8 Å². The molecule has 0 saturated carbocycles. The molecule has 0 N–H and O–H groups in total. The molecule has 0 bridgehead atoms.